The molecule has 1 amide bonds. The number of aliphatic imine (C=N–C) groups is 2. The number of fused-ring (bicyclic) bond motifs is 5. The molecule has 1 aromatic heterocycles. The molecule has 2 aliphatic heterocycles. The summed E-state index contributed by atoms with van der Waals surface area (Å²) in [6.07, 6.45) is 5.71. The van der Waals surface area contributed by atoms with E-state index < -0.39 is 0 Å². The van der Waals surface area contributed by atoms with Gasteiger partial charge in [0.2, 0.25) is 0 Å². The fourth-order valence-corrected chi connectivity index (χ4v) is 4.19. The molecule has 2 aliphatic rings. The maximum Gasteiger partial charge on any atom is 0.261 e. The lowest BCUT2D eigenvalue weighted by molar-refractivity contribution is 0.0946. The van der Waals surface area contributed by atoms with Gasteiger partial charge in [0.15, 0.2) is 0 Å². The molecule has 22 heavy (non-hydrogen) atoms. The number of thiophene rings is 1. The number of benzene rings is 1. The van der Waals surface area contributed by atoms with Crippen molar-refractivity contribution in [2.24, 2.45) is 15.9 Å². The Morgan fingerprint density at radius 3 is 2.91 bits per heavy atom. The molecule has 2 unspecified atom stereocenters. The van der Waals surface area contributed by atoms with Gasteiger partial charge in [-0.05, 0) is 37.5 Å². The first-order chi connectivity index (χ1) is 10.6. The summed E-state index contributed by atoms with van der Waals surface area (Å²) in [5, 5.41) is 4.18. The van der Waals surface area contributed by atoms with Crippen molar-refractivity contribution in [1.82, 2.24) is 5.32 Å². The van der Waals surface area contributed by atoms with Crippen molar-refractivity contribution in [3.05, 3.63) is 22.6 Å². The first kappa shape index (κ1) is 13.6. The van der Waals surface area contributed by atoms with Crippen molar-refractivity contribution < 1.29 is 4.79 Å². The van der Waals surface area contributed by atoms with E-state index in [1.54, 1.807) is 11.3 Å². The number of hydrogen-bond acceptors (Lipinski definition) is 4. The van der Waals surface area contributed by atoms with Crippen molar-refractivity contribution in [1.29, 1.82) is 0 Å². The highest BCUT2D eigenvalue weighted by atomic mass is 32.1. The summed E-state index contributed by atoms with van der Waals surface area (Å²) in [5.74, 6) is 0.271. The number of nitrogens with one attached hydrogen (secondary N) is 1. The first-order valence-electron chi connectivity index (χ1n) is 7.61. The number of aryl methyl sites for hydroxylation is 1. The van der Waals surface area contributed by atoms with Gasteiger partial charge in [-0.3, -0.25) is 14.8 Å². The summed E-state index contributed by atoms with van der Waals surface area (Å²) in [7, 11) is 0. The van der Waals surface area contributed by atoms with E-state index >= 15 is 0 Å². The van der Waals surface area contributed by atoms with Gasteiger partial charge in [-0.15, -0.1) is 11.3 Å². The summed E-state index contributed by atoms with van der Waals surface area (Å²) in [4.78, 5) is 22.5. The van der Waals surface area contributed by atoms with Gasteiger partial charge >= 0.3 is 0 Å². The molecule has 0 saturated carbocycles. The minimum absolute atomic E-state index is 0.0458. The van der Waals surface area contributed by atoms with Crippen molar-refractivity contribution in [2.45, 2.75) is 32.7 Å². The van der Waals surface area contributed by atoms with E-state index in [4.69, 9.17) is 0 Å². The molecule has 4 nitrogen and oxygen atoms in total. The minimum atomic E-state index is 0.0458. The summed E-state index contributed by atoms with van der Waals surface area (Å²) in [6.45, 7) is 4.13. The summed E-state index contributed by atoms with van der Waals surface area (Å²) < 4.78 is 1.12. The Bertz CT molecular complexity index is 834. The fraction of sp³-hybridized carbons (Fsp3) is 0.353. The molecule has 0 saturated heterocycles. The normalized spacial score (nSPS) is 23.6. The molecule has 0 radical (unpaired) electrons. The third kappa shape index (κ3) is 2.08. The van der Waals surface area contributed by atoms with Crippen LogP contribution in [0.1, 0.15) is 35.5 Å². The monoisotopic (exact) mass is 311 g/mol. The molecule has 1 aromatic carbocycles. The Hall–Kier alpha value is -2.01. The van der Waals surface area contributed by atoms with Gasteiger partial charge in [0.05, 0.1) is 16.3 Å². The van der Waals surface area contributed by atoms with Gasteiger partial charge in [-0.1, -0.05) is 6.92 Å². The van der Waals surface area contributed by atoms with Crippen LogP contribution in [0.5, 0.6) is 0 Å². The second kappa shape index (κ2) is 5.02. The van der Waals surface area contributed by atoms with Crippen LogP contribution in [0.3, 0.4) is 0 Å². The summed E-state index contributed by atoms with van der Waals surface area (Å²) in [5.41, 5.74) is 2.95. The number of carbonyl (C=O) groups excluding carboxylic acids is 1. The number of carbonyl (C=O) groups is 1. The van der Waals surface area contributed by atoms with Crippen LogP contribution >= 0.6 is 11.3 Å². The van der Waals surface area contributed by atoms with Crippen LogP contribution in [0.15, 0.2) is 22.1 Å². The third-order valence-corrected chi connectivity index (χ3v) is 5.40. The lowest BCUT2D eigenvalue weighted by atomic mass is 10.0. The number of amides is 1. The van der Waals surface area contributed by atoms with E-state index in [1.807, 2.05) is 18.5 Å². The number of nitrogens with zero attached hydrogens (tertiary/aromatic N) is 2. The van der Waals surface area contributed by atoms with Crippen LogP contribution in [0.2, 0.25) is 0 Å². The predicted octanol–water partition coefficient (Wildman–Crippen LogP) is 4.02. The molecule has 2 aromatic rings. The van der Waals surface area contributed by atoms with E-state index in [0.717, 1.165) is 44.7 Å². The Kier molecular flexibility index (Phi) is 3.11. The topological polar surface area (TPSA) is 53.8 Å². The lowest BCUT2D eigenvalue weighted by Crippen LogP contribution is -2.30. The average Bonchev–Trinajstić information content (AvgIpc) is 2.68. The van der Waals surface area contributed by atoms with Crippen molar-refractivity contribution in [2.75, 3.05) is 0 Å². The Labute approximate surface area is 133 Å². The zero-order chi connectivity index (χ0) is 15.3. The molecule has 0 fully saturated rings. The number of rotatable bonds is 0. The SMILES string of the molecule is CC1C=Nc2ccc3sc4c(c3c2N=C1)CCC(C)NC4=O. The van der Waals surface area contributed by atoms with Crippen LogP contribution in [-0.4, -0.2) is 24.4 Å². The molecule has 0 aliphatic carbocycles. The van der Waals surface area contributed by atoms with Gasteiger partial charge in [0.1, 0.15) is 0 Å². The fourth-order valence-electron chi connectivity index (χ4n) is 3.03. The Balaban J connectivity index is 2.00. The van der Waals surface area contributed by atoms with Gasteiger partial charge in [-0.2, -0.15) is 0 Å². The largest absolute Gasteiger partial charge is 0.349 e. The average molecular weight is 311 g/mol. The Morgan fingerprint density at radius 1 is 1.23 bits per heavy atom. The van der Waals surface area contributed by atoms with Gasteiger partial charge in [0, 0.05) is 34.5 Å². The summed E-state index contributed by atoms with van der Waals surface area (Å²) >= 11 is 1.57. The predicted molar refractivity (Wildman–Crippen MR) is 92.5 cm³/mol. The lowest BCUT2D eigenvalue weighted by Gasteiger charge is -2.08. The van der Waals surface area contributed by atoms with Crippen LogP contribution in [0.25, 0.3) is 10.1 Å². The zero-order valence-corrected chi connectivity index (χ0v) is 13.4. The molecular weight excluding hydrogens is 294 g/mol. The van der Waals surface area contributed by atoms with Crippen LogP contribution in [-0.2, 0) is 6.42 Å². The molecule has 4 rings (SSSR count). The van der Waals surface area contributed by atoms with Crippen molar-refractivity contribution in [3.63, 3.8) is 0 Å². The molecule has 2 atom stereocenters. The molecule has 112 valence electrons. The van der Waals surface area contributed by atoms with Crippen LogP contribution in [0, 0.1) is 5.92 Å². The van der Waals surface area contributed by atoms with E-state index in [0.29, 0.717) is 0 Å². The van der Waals surface area contributed by atoms with Crippen molar-refractivity contribution >= 4 is 51.1 Å². The van der Waals surface area contributed by atoms with E-state index in [2.05, 4.69) is 35.2 Å². The van der Waals surface area contributed by atoms with E-state index in [-0.39, 0.29) is 17.9 Å². The quantitative estimate of drug-likeness (QED) is 0.785. The molecular formula is C17H17N3OS. The van der Waals surface area contributed by atoms with Crippen LogP contribution < -0.4 is 5.32 Å². The van der Waals surface area contributed by atoms with Gasteiger partial charge in [-0.25, -0.2) is 0 Å². The van der Waals surface area contributed by atoms with E-state index in [9.17, 15) is 4.79 Å². The minimum Gasteiger partial charge on any atom is -0.349 e. The molecule has 1 N–H and O–H groups in total. The maximum atomic E-state index is 12.4. The third-order valence-electron chi connectivity index (χ3n) is 4.20. The molecule has 0 spiro atoms. The molecule has 5 heteroatoms. The first-order valence-corrected chi connectivity index (χ1v) is 8.43. The van der Waals surface area contributed by atoms with E-state index in [1.165, 1.54) is 0 Å². The highest BCUT2D eigenvalue weighted by Gasteiger charge is 2.26. The number of hydrogen-bond donors (Lipinski definition) is 1. The smallest absolute Gasteiger partial charge is 0.261 e. The standard InChI is InChI=1S/C17H17N3OS/c1-9-7-18-12-5-6-13-14(15(12)19-8-9)11-4-3-10(2)20-17(21)16(11)22-13/h5-10H,3-4H2,1-2H3,(H,20,21). The highest BCUT2D eigenvalue weighted by Crippen LogP contribution is 2.44. The maximum absolute atomic E-state index is 12.4. The van der Waals surface area contributed by atoms with Gasteiger partial charge in [0.25, 0.3) is 5.91 Å². The molecule has 3 heterocycles. The molecule has 0 bridgehead atoms. The second-order valence-electron chi connectivity index (χ2n) is 6.04. The van der Waals surface area contributed by atoms with Crippen LogP contribution in [0.4, 0.5) is 11.4 Å². The van der Waals surface area contributed by atoms with Crippen molar-refractivity contribution in [3.8, 4) is 0 Å². The Morgan fingerprint density at radius 2 is 2.05 bits per heavy atom. The second-order valence-corrected chi connectivity index (χ2v) is 7.10. The summed E-state index contributed by atoms with van der Waals surface area (Å²) in [6, 6.07) is 4.28. The van der Waals surface area contributed by atoms with Gasteiger partial charge < -0.3 is 5.32 Å². The highest BCUT2D eigenvalue weighted by molar-refractivity contribution is 7.21. The zero-order valence-electron chi connectivity index (χ0n) is 12.6.